The largest absolute Gasteiger partial charge is 0.497 e. The first-order valence-electron chi connectivity index (χ1n) is 12.6. The Morgan fingerprint density at radius 3 is 2.76 bits per heavy atom. The van der Waals surface area contributed by atoms with Crippen molar-refractivity contribution in [3.8, 4) is 5.75 Å². The summed E-state index contributed by atoms with van der Waals surface area (Å²) in [6.45, 7) is 7.96. The zero-order chi connectivity index (χ0) is 26.1. The molecule has 0 spiro atoms. The highest BCUT2D eigenvalue weighted by molar-refractivity contribution is 7.07. The monoisotopic (exact) mass is 521 g/mol. The molecule has 3 aromatic rings. The van der Waals surface area contributed by atoms with Crippen LogP contribution in [0.15, 0.2) is 61.9 Å². The van der Waals surface area contributed by atoms with Crippen molar-refractivity contribution in [2.45, 2.75) is 39.7 Å². The number of hydrogen-bond donors (Lipinski definition) is 0. The highest BCUT2D eigenvalue weighted by Gasteiger charge is 2.33. The number of esters is 1. The van der Waals surface area contributed by atoms with Gasteiger partial charge >= 0.3 is 5.97 Å². The number of benzene rings is 1. The molecule has 0 unspecified atom stereocenters. The maximum absolute atomic E-state index is 13.8. The fraction of sp³-hybridized carbons (Fsp3) is 0.393. The van der Waals surface area contributed by atoms with Crippen molar-refractivity contribution < 1.29 is 18.7 Å². The normalized spacial score (nSPS) is 18.5. The predicted octanol–water partition coefficient (Wildman–Crippen LogP) is 3.64. The molecule has 1 atom stereocenters. The summed E-state index contributed by atoms with van der Waals surface area (Å²) >= 11 is 1.28. The lowest BCUT2D eigenvalue weighted by molar-refractivity contribution is -0.139. The van der Waals surface area contributed by atoms with E-state index in [9.17, 15) is 9.59 Å². The van der Waals surface area contributed by atoms with Crippen LogP contribution in [0, 0.1) is 5.92 Å². The molecule has 1 aromatic carbocycles. The Balaban J connectivity index is 1.59. The van der Waals surface area contributed by atoms with Crippen LogP contribution in [0.3, 0.4) is 0 Å². The fourth-order valence-electron chi connectivity index (χ4n) is 4.87. The molecule has 37 heavy (non-hydrogen) atoms. The van der Waals surface area contributed by atoms with E-state index in [0.717, 1.165) is 43.3 Å². The minimum atomic E-state index is -0.685. The first-order chi connectivity index (χ1) is 17.9. The highest BCUT2D eigenvalue weighted by Crippen LogP contribution is 2.32. The second kappa shape index (κ2) is 10.4. The fourth-order valence-corrected chi connectivity index (χ4v) is 5.89. The number of aromatic nitrogens is 1. The summed E-state index contributed by atoms with van der Waals surface area (Å²) in [5.41, 5.74) is 1.37. The maximum Gasteiger partial charge on any atom is 0.338 e. The molecule has 1 fully saturated rings. The van der Waals surface area contributed by atoms with Crippen LogP contribution < -0.4 is 24.5 Å². The van der Waals surface area contributed by atoms with Crippen molar-refractivity contribution in [1.82, 2.24) is 4.57 Å². The first kappa shape index (κ1) is 25.1. The number of methoxy groups -OCH3 is 1. The van der Waals surface area contributed by atoms with Crippen molar-refractivity contribution in [3.63, 3.8) is 0 Å². The van der Waals surface area contributed by atoms with Gasteiger partial charge in [-0.25, -0.2) is 9.79 Å². The molecule has 2 aliphatic heterocycles. The Morgan fingerprint density at radius 1 is 1.24 bits per heavy atom. The first-order valence-corrected chi connectivity index (χ1v) is 13.4. The zero-order valence-corrected chi connectivity index (χ0v) is 22.3. The van der Waals surface area contributed by atoms with E-state index in [1.807, 2.05) is 36.4 Å². The SMILES string of the molecule is CCOC(=O)C1=C(C)N=c2s/c(=C/c3ccc(N4CCC(C)CC4)o3)c(=O)n2[C@H]1c1cccc(OC)c1. The summed E-state index contributed by atoms with van der Waals surface area (Å²) < 4.78 is 18.9. The summed E-state index contributed by atoms with van der Waals surface area (Å²) in [7, 11) is 1.58. The van der Waals surface area contributed by atoms with Crippen LogP contribution >= 0.6 is 11.3 Å². The Morgan fingerprint density at radius 2 is 2.03 bits per heavy atom. The number of carbonyl (C=O) groups excluding carboxylic acids is 1. The molecule has 0 aliphatic carbocycles. The standard InChI is InChI=1S/C28H31N3O5S/c1-5-35-27(33)24-18(3)29-28-31(25(24)19-7-6-8-20(15-19)34-4)26(32)22(37-28)16-21-9-10-23(36-21)30-13-11-17(2)12-14-30/h6-10,15-17,25H,5,11-14H2,1-4H3/b22-16+/t25-/m0/s1. The van der Waals surface area contributed by atoms with Gasteiger partial charge in [0.1, 0.15) is 11.5 Å². The van der Waals surface area contributed by atoms with Gasteiger partial charge < -0.3 is 18.8 Å². The van der Waals surface area contributed by atoms with Crippen LogP contribution in [0.4, 0.5) is 5.88 Å². The molecule has 0 radical (unpaired) electrons. The Kier molecular flexibility index (Phi) is 7.06. The molecule has 5 rings (SSSR count). The molecule has 4 heterocycles. The third-order valence-corrected chi connectivity index (χ3v) is 7.89. The van der Waals surface area contributed by atoms with E-state index in [1.165, 1.54) is 11.3 Å². The van der Waals surface area contributed by atoms with Crippen LogP contribution in [0.2, 0.25) is 0 Å². The van der Waals surface area contributed by atoms with E-state index < -0.39 is 12.0 Å². The van der Waals surface area contributed by atoms with Gasteiger partial charge in [-0.2, -0.15) is 0 Å². The summed E-state index contributed by atoms with van der Waals surface area (Å²) in [5, 5.41) is 0. The van der Waals surface area contributed by atoms with E-state index in [0.29, 0.717) is 32.1 Å². The number of carbonyl (C=O) groups is 1. The molecular weight excluding hydrogens is 490 g/mol. The van der Waals surface area contributed by atoms with Crippen LogP contribution in [-0.4, -0.2) is 37.3 Å². The molecule has 8 nitrogen and oxygen atoms in total. The number of nitrogens with zero attached hydrogens (tertiary/aromatic N) is 3. The summed E-state index contributed by atoms with van der Waals surface area (Å²) in [6.07, 6.45) is 4.04. The maximum atomic E-state index is 13.8. The van der Waals surface area contributed by atoms with Crippen LogP contribution in [0.25, 0.3) is 6.08 Å². The minimum absolute atomic E-state index is 0.224. The molecule has 194 valence electrons. The number of rotatable bonds is 6. The third kappa shape index (κ3) is 4.87. The van der Waals surface area contributed by atoms with Gasteiger partial charge in [0.2, 0.25) is 0 Å². The zero-order valence-electron chi connectivity index (χ0n) is 21.5. The van der Waals surface area contributed by atoms with Gasteiger partial charge in [0.25, 0.3) is 5.56 Å². The van der Waals surface area contributed by atoms with Gasteiger partial charge in [0, 0.05) is 25.2 Å². The number of ether oxygens (including phenoxy) is 2. The number of anilines is 1. The van der Waals surface area contributed by atoms with Crippen LogP contribution in [-0.2, 0) is 9.53 Å². The molecular formula is C28H31N3O5S. The molecule has 9 heteroatoms. The van der Waals surface area contributed by atoms with Crippen molar-refractivity contribution in [3.05, 3.63) is 78.7 Å². The van der Waals surface area contributed by atoms with Crippen molar-refractivity contribution in [1.29, 1.82) is 0 Å². The molecule has 0 bridgehead atoms. The van der Waals surface area contributed by atoms with Gasteiger partial charge in [0.15, 0.2) is 10.7 Å². The van der Waals surface area contributed by atoms with E-state index in [2.05, 4.69) is 16.8 Å². The van der Waals surface area contributed by atoms with Crippen LogP contribution in [0.1, 0.15) is 51.0 Å². The molecule has 0 N–H and O–H groups in total. The Hall–Kier alpha value is -3.59. The second-order valence-electron chi connectivity index (χ2n) is 9.42. The molecule has 0 saturated carbocycles. The molecule has 2 aliphatic rings. The number of hydrogen-bond acceptors (Lipinski definition) is 8. The molecule has 1 saturated heterocycles. The number of fused-ring (bicyclic) bond motifs is 1. The Labute approximate surface area is 219 Å². The van der Waals surface area contributed by atoms with E-state index in [4.69, 9.17) is 13.9 Å². The smallest absolute Gasteiger partial charge is 0.338 e. The van der Waals surface area contributed by atoms with Gasteiger partial charge in [-0.3, -0.25) is 9.36 Å². The van der Waals surface area contributed by atoms with Gasteiger partial charge in [-0.15, -0.1) is 0 Å². The van der Waals surface area contributed by atoms with Gasteiger partial charge in [-0.1, -0.05) is 30.4 Å². The molecule has 2 aromatic heterocycles. The Bertz CT molecular complexity index is 1520. The lowest BCUT2D eigenvalue weighted by atomic mass is 9.95. The average Bonchev–Trinajstić information content (AvgIpc) is 3.48. The topological polar surface area (TPSA) is 86.3 Å². The number of thiazole rings is 1. The average molecular weight is 522 g/mol. The van der Waals surface area contributed by atoms with Gasteiger partial charge in [-0.05, 0) is 56.4 Å². The quantitative estimate of drug-likeness (QED) is 0.461. The highest BCUT2D eigenvalue weighted by atomic mass is 32.1. The number of allylic oxidation sites excluding steroid dienone is 1. The van der Waals surface area contributed by atoms with Crippen molar-refractivity contribution in [2.24, 2.45) is 10.9 Å². The lowest BCUT2D eigenvalue weighted by Gasteiger charge is -2.29. The second-order valence-corrected chi connectivity index (χ2v) is 10.4. The van der Waals surface area contributed by atoms with E-state index in [1.54, 1.807) is 31.6 Å². The van der Waals surface area contributed by atoms with Gasteiger partial charge in [0.05, 0.1) is 35.6 Å². The van der Waals surface area contributed by atoms with Crippen molar-refractivity contribution >= 4 is 29.3 Å². The lowest BCUT2D eigenvalue weighted by Crippen LogP contribution is -2.39. The number of furan rings is 1. The number of piperidine rings is 1. The summed E-state index contributed by atoms with van der Waals surface area (Å²) in [6, 6.07) is 10.5. The third-order valence-electron chi connectivity index (χ3n) is 6.91. The van der Waals surface area contributed by atoms with Crippen molar-refractivity contribution in [2.75, 3.05) is 31.7 Å². The van der Waals surface area contributed by atoms with E-state index in [-0.39, 0.29) is 12.2 Å². The summed E-state index contributed by atoms with van der Waals surface area (Å²) in [5.74, 6) is 2.30. The van der Waals surface area contributed by atoms with E-state index >= 15 is 0 Å². The molecule has 0 amide bonds. The summed E-state index contributed by atoms with van der Waals surface area (Å²) in [4.78, 5) is 34.2. The predicted molar refractivity (Wildman–Crippen MR) is 143 cm³/mol. The van der Waals surface area contributed by atoms with Crippen LogP contribution in [0.5, 0.6) is 5.75 Å². The minimum Gasteiger partial charge on any atom is -0.497 e.